The molecule has 0 unspecified atom stereocenters. The molecule has 0 spiro atoms. The minimum absolute atomic E-state index is 0.136. The van der Waals surface area contributed by atoms with Crippen molar-refractivity contribution in [3.8, 4) is 28.8 Å². The Morgan fingerprint density at radius 2 is 2.02 bits per heavy atom. The number of rotatable bonds is 9. The molecule has 1 aliphatic heterocycles. The lowest BCUT2D eigenvalue weighted by molar-refractivity contribution is 0.0500. The predicted octanol–water partition coefficient (Wildman–Crippen LogP) is 4.71. The number of carbonyl (C=O) groups excluding carboxylic acids is 2. The summed E-state index contributed by atoms with van der Waals surface area (Å²) in [5, 5.41) is 9.08. The number of pyridine rings is 1. The zero-order chi connectivity index (χ0) is 29.4. The molecule has 0 aliphatic carbocycles. The average Bonchev–Trinajstić information content (AvgIpc) is 3.29. The number of aromatic amines is 1. The van der Waals surface area contributed by atoms with Gasteiger partial charge in [0.15, 0.2) is 0 Å². The lowest BCUT2D eigenvalue weighted by atomic mass is 10.0. The molecule has 0 saturated carbocycles. The Bertz CT molecular complexity index is 1460. The molecular formula is C31H37N5O5. The van der Waals surface area contributed by atoms with E-state index in [1.807, 2.05) is 52.0 Å². The number of nitrogens with zero attached hydrogens (tertiary/aromatic N) is 1. The maximum atomic E-state index is 13.0. The van der Waals surface area contributed by atoms with Crippen LogP contribution in [0.1, 0.15) is 54.4 Å². The normalized spacial score (nSPS) is 12.5. The fourth-order valence-corrected chi connectivity index (χ4v) is 4.50. The van der Waals surface area contributed by atoms with Crippen LogP contribution < -0.4 is 20.7 Å². The molecule has 0 saturated heterocycles. The van der Waals surface area contributed by atoms with Crippen molar-refractivity contribution in [2.75, 3.05) is 38.7 Å². The summed E-state index contributed by atoms with van der Waals surface area (Å²) in [6.07, 6.45) is 4.13. The van der Waals surface area contributed by atoms with E-state index in [9.17, 15) is 9.59 Å². The minimum atomic E-state index is -0.540. The standard InChI is InChI=1S/C31H37N5O5/c1-20-9-8-11-24(28(20)39-5)36-27-25-23(13-15-33-29(25)37)35-26(27)22-12-14-32-19-21(22)10-6-7-17-40-18-16-34-30(38)41-31(2,3)4/h8-9,11-12,14,19,35-36H,7,13,15-18H2,1-5H3,(H,33,37)(H,34,38). The van der Waals surface area contributed by atoms with Gasteiger partial charge in [-0.25, -0.2) is 4.79 Å². The van der Waals surface area contributed by atoms with E-state index < -0.39 is 11.7 Å². The zero-order valence-electron chi connectivity index (χ0n) is 24.2. The van der Waals surface area contributed by atoms with Gasteiger partial charge in [-0.05, 0) is 45.4 Å². The lowest BCUT2D eigenvalue weighted by Crippen LogP contribution is -2.34. The number of ether oxygens (including phenoxy) is 3. The van der Waals surface area contributed by atoms with Gasteiger partial charge >= 0.3 is 6.09 Å². The number of fused-ring (bicyclic) bond motifs is 1. The zero-order valence-corrected chi connectivity index (χ0v) is 24.2. The number of hydrogen-bond acceptors (Lipinski definition) is 7. The molecule has 2 amide bonds. The molecule has 216 valence electrons. The fraction of sp³-hybridized carbons (Fsp3) is 0.387. The summed E-state index contributed by atoms with van der Waals surface area (Å²) < 4.78 is 16.4. The van der Waals surface area contributed by atoms with Gasteiger partial charge in [0.25, 0.3) is 5.91 Å². The largest absolute Gasteiger partial charge is 0.494 e. The number of nitrogens with one attached hydrogen (secondary N) is 4. The molecule has 3 heterocycles. The van der Waals surface area contributed by atoms with Gasteiger partial charge in [-0.2, -0.15) is 0 Å². The summed E-state index contributed by atoms with van der Waals surface area (Å²) in [7, 11) is 1.63. The highest BCUT2D eigenvalue weighted by molar-refractivity contribution is 6.06. The molecule has 3 aromatic rings. The second-order valence-electron chi connectivity index (χ2n) is 10.5. The molecule has 10 heteroatoms. The van der Waals surface area contributed by atoms with Crippen molar-refractivity contribution in [1.29, 1.82) is 0 Å². The first kappa shape index (κ1) is 29.5. The molecule has 0 fully saturated rings. The van der Waals surface area contributed by atoms with E-state index in [0.29, 0.717) is 56.1 Å². The van der Waals surface area contributed by atoms with Crippen LogP contribution in [0.15, 0.2) is 36.7 Å². The Morgan fingerprint density at radius 3 is 2.80 bits per heavy atom. The molecule has 0 atom stereocenters. The van der Waals surface area contributed by atoms with Gasteiger partial charge in [-0.15, -0.1) is 0 Å². The first-order chi connectivity index (χ1) is 19.7. The fourth-order valence-electron chi connectivity index (χ4n) is 4.50. The van der Waals surface area contributed by atoms with Crippen LogP contribution in [-0.4, -0.2) is 61.0 Å². The van der Waals surface area contributed by atoms with Crippen LogP contribution in [0.5, 0.6) is 5.75 Å². The number of aryl methyl sites for hydroxylation is 1. The van der Waals surface area contributed by atoms with Gasteiger partial charge in [0, 0.05) is 49.6 Å². The van der Waals surface area contributed by atoms with Crippen LogP contribution in [0.3, 0.4) is 0 Å². The molecular weight excluding hydrogens is 522 g/mol. The first-order valence-electron chi connectivity index (χ1n) is 13.6. The number of amides is 2. The number of anilines is 2. The molecule has 0 bridgehead atoms. The second-order valence-corrected chi connectivity index (χ2v) is 10.5. The molecule has 41 heavy (non-hydrogen) atoms. The Labute approximate surface area is 240 Å². The highest BCUT2D eigenvalue weighted by Gasteiger charge is 2.28. The maximum absolute atomic E-state index is 13.0. The highest BCUT2D eigenvalue weighted by Crippen LogP contribution is 2.40. The molecule has 4 rings (SSSR count). The first-order valence-corrected chi connectivity index (χ1v) is 13.6. The molecule has 2 aromatic heterocycles. The predicted molar refractivity (Wildman–Crippen MR) is 158 cm³/mol. The van der Waals surface area contributed by atoms with Crippen LogP contribution in [0.2, 0.25) is 0 Å². The van der Waals surface area contributed by atoms with E-state index in [0.717, 1.165) is 33.8 Å². The summed E-state index contributed by atoms with van der Waals surface area (Å²) in [6, 6.07) is 7.73. The van der Waals surface area contributed by atoms with E-state index in [1.165, 1.54) is 0 Å². The molecule has 1 aliphatic rings. The van der Waals surface area contributed by atoms with Crippen molar-refractivity contribution < 1.29 is 23.8 Å². The van der Waals surface area contributed by atoms with E-state index in [4.69, 9.17) is 14.2 Å². The third kappa shape index (κ3) is 7.58. The molecule has 0 radical (unpaired) electrons. The van der Waals surface area contributed by atoms with Gasteiger partial charge in [-0.1, -0.05) is 24.0 Å². The van der Waals surface area contributed by atoms with Crippen molar-refractivity contribution in [3.63, 3.8) is 0 Å². The molecule has 10 nitrogen and oxygen atoms in total. The second kappa shape index (κ2) is 13.2. The smallest absolute Gasteiger partial charge is 0.407 e. The van der Waals surface area contributed by atoms with E-state index in [2.05, 4.69) is 37.8 Å². The number of aromatic nitrogens is 2. The Balaban J connectivity index is 1.50. The summed E-state index contributed by atoms with van der Waals surface area (Å²) in [4.78, 5) is 32.4. The number of para-hydroxylation sites is 1. The van der Waals surface area contributed by atoms with E-state index in [-0.39, 0.29) is 5.91 Å². The van der Waals surface area contributed by atoms with E-state index in [1.54, 1.807) is 19.5 Å². The summed E-state index contributed by atoms with van der Waals surface area (Å²) in [5.74, 6) is 6.93. The summed E-state index contributed by atoms with van der Waals surface area (Å²) in [5.41, 5.74) is 5.61. The SMILES string of the molecule is COc1c(C)cccc1Nc1c(-c2ccncc2C#CCCOCCNC(=O)OC(C)(C)C)[nH]c2c1C(=O)NCC2. The van der Waals surface area contributed by atoms with Crippen molar-refractivity contribution in [2.24, 2.45) is 0 Å². The third-order valence-electron chi connectivity index (χ3n) is 6.24. The highest BCUT2D eigenvalue weighted by atomic mass is 16.6. The van der Waals surface area contributed by atoms with Gasteiger partial charge in [-0.3, -0.25) is 9.78 Å². The minimum Gasteiger partial charge on any atom is -0.494 e. The number of alkyl carbamates (subject to hydrolysis) is 1. The summed E-state index contributed by atoms with van der Waals surface area (Å²) in [6.45, 7) is 9.10. The summed E-state index contributed by atoms with van der Waals surface area (Å²) >= 11 is 0. The number of benzene rings is 1. The van der Waals surface area contributed by atoms with Gasteiger partial charge < -0.3 is 35.1 Å². The van der Waals surface area contributed by atoms with Crippen LogP contribution in [0, 0.1) is 18.8 Å². The third-order valence-corrected chi connectivity index (χ3v) is 6.24. The number of H-pyrrole nitrogens is 1. The van der Waals surface area contributed by atoms with Crippen LogP contribution in [-0.2, 0) is 15.9 Å². The van der Waals surface area contributed by atoms with Gasteiger partial charge in [0.1, 0.15) is 11.4 Å². The van der Waals surface area contributed by atoms with Crippen LogP contribution >= 0.6 is 0 Å². The topological polar surface area (TPSA) is 127 Å². The van der Waals surface area contributed by atoms with Crippen LogP contribution in [0.25, 0.3) is 11.3 Å². The lowest BCUT2D eigenvalue weighted by Gasteiger charge is -2.19. The van der Waals surface area contributed by atoms with Crippen molar-refractivity contribution in [2.45, 2.75) is 46.1 Å². The van der Waals surface area contributed by atoms with E-state index >= 15 is 0 Å². The average molecular weight is 560 g/mol. The molecule has 4 N–H and O–H groups in total. The van der Waals surface area contributed by atoms with Gasteiger partial charge in [0.05, 0.1) is 48.5 Å². The number of methoxy groups -OCH3 is 1. The van der Waals surface area contributed by atoms with Crippen molar-refractivity contribution >= 4 is 23.4 Å². The quantitative estimate of drug-likeness (QED) is 0.221. The van der Waals surface area contributed by atoms with Crippen molar-refractivity contribution in [1.82, 2.24) is 20.6 Å². The number of hydrogen-bond donors (Lipinski definition) is 4. The number of carbonyl (C=O) groups is 2. The van der Waals surface area contributed by atoms with Crippen LogP contribution in [0.4, 0.5) is 16.2 Å². The van der Waals surface area contributed by atoms with Gasteiger partial charge in [0.2, 0.25) is 0 Å². The molecule has 1 aromatic carbocycles. The van der Waals surface area contributed by atoms with Crippen molar-refractivity contribution in [3.05, 3.63) is 59.0 Å². The Kier molecular flexibility index (Phi) is 9.53. The monoisotopic (exact) mass is 559 g/mol. The Morgan fingerprint density at radius 1 is 1.20 bits per heavy atom. The maximum Gasteiger partial charge on any atom is 0.407 e. The Hall–Kier alpha value is -4.49.